The van der Waals surface area contributed by atoms with Crippen molar-refractivity contribution in [3.05, 3.63) is 84.5 Å². The number of nitrogens with one attached hydrogen (secondary N) is 2. The van der Waals surface area contributed by atoms with Crippen LogP contribution >= 0.6 is 0 Å². The summed E-state index contributed by atoms with van der Waals surface area (Å²) in [5.74, 6) is -6.09. The molecule has 0 spiro atoms. The second-order valence-electron chi connectivity index (χ2n) is 13.8. The number of nitrogens with zero attached hydrogens (tertiary/aromatic N) is 1. The van der Waals surface area contributed by atoms with Gasteiger partial charge in [-0.05, 0) is 60.6 Å². The molecule has 0 fully saturated rings. The lowest BCUT2D eigenvalue weighted by Gasteiger charge is -2.25. The van der Waals surface area contributed by atoms with Gasteiger partial charge in [0.1, 0.15) is 24.7 Å². The minimum absolute atomic E-state index is 0.0486. The number of carboxylic acid groups (broad SMARTS) is 1. The molecule has 294 valence electrons. The van der Waals surface area contributed by atoms with Crippen molar-refractivity contribution in [2.24, 2.45) is 17.8 Å². The molecule has 3 rings (SSSR count). The fourth-order valence-electron chi connectivity index (χ4n) is 5.84. The molecule has 2 aromatic carbocycles. The van der Waals surface area contributed by atoms with Crippen LogP contribution in [0, 0.1) is 17.8 Å². The van der Waals surface area contributed by atoms with Crippen LogP contribution < -0.4 is 15.4 Å². The van der Waals surface area contributed by atoms with Crippen LogP contribution in [0.25, 0.3) is 0 Å². The quantitative estimate of drug-likeness (QED) is 0.0780. The van der Waals surface area contributed by atoms with E-state index in [0.29, 0.717) is 29.2 Å². The Balaban J connectivity index is 1.78. The highest BCUT2D eigenvalue weighted by Crippen LogP contribution is 2.22. The molecule has 0 unspecified atom stereocenters. The summed E-state index contributed by atoms with van der Waals surface area (Å²) in [5.41, 5.74) is 1.78. The van der Waals surface area contributed by atoms with Gasteiger partial charge in [0.05, 0.1) is 6.04 Å². The van der Waals surface area contributed by atoms with E-state index in [1.54, 1.807) is 54.6 Å². The van der Waals surface area contributed by atoms with Crippen molar-refractivity contribution in [3.8, 4) is 5.75 Å². The van der Waals surface area contributed by atoms with E-state index >= 15 is 0 Å². The van der Waals surface area contributed by atoms with E-state index in [-0.39, 0.29) is 69.8 Å². The molecule has 0 saturated heterocycles. The van der Waals surface area contributed by atoms with Crippen LogP contribution in [-0.2, 0) is 56.1 Å². The second-order valence-corrected chi connectivity index (χ2v) is 13.8. The van der Waals surface area contributed by atoms with E-state index in [0.717, 1.165) is 17.1 Å². The number of anilines is 1. The van der Waals surface area contributed by atoms with Crippen molar-refractivity contribution >= 4 is 52.8 Å². The Kier molecular flexibility index (Phi) is 17.2. The number of ketones is 2. The Bertz CT molecular complexity index is 1730. The smallest absolute Gasteiger partial charge is 0.303 e. The number of carbonyl (C=O) groups is 8. The molecule has 2 aromatic rings. The number of imide groups is 1. The van der Waals surface area contributed by atoms with E-state index in [4.69, 9.17) is 9.47 Å². The molecule has 14 heteroatoms. The van der Waals surface area contributed by atoms with Gasteiger partial charge in [0.15, 0.2) is 5.78 Å². The average Bonchev–Trinajstić information content (AvgIpc) is 3.46. The van der Waals surface area contributed by atoms with Crippen molar-refractivity contribution in [2.75, 3.05) is 18.5 Å². The number of Topliss-reactive ketones (excluding diaryl/α,β-unsaturated/α-hetero) is 2. The van der Waals surface area contributed by atoms with Crippen LogP contribution in [0.1, 0.15) is 70.4 Å². The maximum absolute atomic E-state index is 14.0. The molecule has 3 N–H and O–H groups in total. The SMILES string of the molecule is C=CCOc1ccc(C[C@H](CC(=O)CCN2C(=O)C=CC2=O)C(=O)N[C@H](CC(C)C)C(=O)C[C@@H](CCC(=O)O)C(=O)Nc2ccc(COC(C)=O)cc2)cc1. The van der Waals surface area contributed by atoms with Gasteiger partial charge >= 0.3 is 11.9 Å². The zero-order chi connectivity index (χ0) is 40.5. The zero-order valence-electron chi connectivity index (χ0n) is 31.4. The summed E-state index contributed by atoms with van der Waals surface area (Å²) in [5, 5.41) is 14.9. The fraction of sp³-hybridized carbons (Fsp3) is 0.415. The maximum atomic E-state index is 14.0. The minimum atomic E-state index is -1.14. The Morgan fingerprint density at radius 1 is 0.855 bits per heavy atom. The van der Waals surface area contributed by atoms with Gasteiger partial charge in [-0.3, -0.25) is 43.3 Å². The molecular formula is C41H49N3O11. The number of aliphatic carboxylic acids is 1. The molecule has 0 aromatic heterocycles. The van der Waals surface area contributed by atoms with Crippen LogP contribution in [0.4, 0.5) is 5.69 Å². The van der Waals surface area contributed by atoms with Crippen molar-refractivity contribution in [1.29, 1.82) is 0 Å². The van der Waals surface area contributed by atoms with Crippen molar-refractivity contribution in [3.63, 3.8) is 0 Å². The van der Waals surface area contributed by atoms with Crippen LogP contribution in [0.15, 0.2) is 73.3 Å². The van der Waals surface area contributed by atoms with Gasteiger partial charge in [-0.2, -0.15) is 0 Å². The Morgan fingerprint density at radius 3 is 2.07 bits per heavy atom. The molecular weight excluding hydrogens is 710 g/mol. The van der Waals surface area contributed by atoms with E-state index < -0.39 is 59.2 Å². The van der Waals surface area contributed by atoms with Crippen LogP contribution in [-0.4, -0.2) is 76.3 Å². The normalized spacial score (nSPS) is 13.9. The first-order chi connectivity index (χ1) is 26.1. The number of hydrogen-bond acceptors (Lipinski definition) is 10. The number of carboxylic acids is 1. The Hall–Kier alpha value is -5.92. The molecule has 3 atom stereocenters. The topological polar surface area (TPSA) is 203 Å². The molecule has 1 aliphatic rings. The van der Waals surface area contributed by atoms with Crippen LogP contribution in [0.5, 0.6) is 5.75 Å². The Morgan fingerprint density at radius 2 is 1.49 bits per heavy atom. The lowest BCUT2D eigenvalue weighted by molar-refractivity contribution is -0.142. The summed E-state index contributed by atoms with van der Waals surface area (Å²) in [6.07, 6.45) is 2.91. The molecule has 4 amide bonds. The fourth-order valence-corrected chi connectivity index (χ4v) is 5.84. The summed E-state index contributed by atoms with van der Waals surface area (Å²) >= 11 is 0. The summed E-state index contributed by atoms with van der Waals surface area (Å²) in [6.45, 7) is 8.84. The molecule has 14 nitrogen and oxygen atoms in total. The molecule has 0 bridgehead atoms. The number of carbonyl (C=O) groups excluding carboxylic acids is 7. The first-order valence-electron chi connectivity index (χ1n) is 18.1. The lowest BCUT2D eigenvalue weighted by Crippen LogP contribution is -2.46. The van der Waals surface area contributed by atoms with Gasteiger partial charge in [0.2, 0.25) is 11.8 Å². The van der Waals surface area contributed by atoms with E-state index in [2.05, 4.69) is 17.2 Å². The van der Waals surface area contributed by atoms with E-state index in [9.17, 15) is 43.5 Å². The Labute approximate surface area is 320 Å². The molecule has 0 radical (unpaired) electrons. The first kappa shape index (κ1) is 43.5. The number of ether oxygens (including phenoxy) is 2. The highest BCUT2D eigenvalue weighted by molar-refractivity contribution is 6.13. The first-order valence-corrected chi connectivity index (χ1v) is 18.1. The van der Waals surface area contributed by atoms with Crippen LogP contribution in [0.3, 0.4) is 0 Å². The largest absolute Gasteiger partial charge is 0.490 e. The van der Waals surface area contributed by atoms with Crippen molar-refractivity contribution in [1.82, 2.24) is 10.2 Å². The highest BCUT2D eigenvalue weighted by atomic mass is 16.5. The van der Waals surface area contributed by atoms with E-state index in [1.807, 2.05) is 13.8 Å². The molecule has 1 aliphatic heterocycles. The molecule has 1 heterocycles. The molecule has 55 heavy (non-hydrogen) atoms. The third-order valence-electron chi connectivity index (χ3n) is 8.73. The van der Waals surface area contributed by atoms with Gasteiger partial charge in [-0.25, -0.2) is 0 Å². The maximum Gasteiger partial charge on any atom is 0.303 e. The molecule has 0 saturated carbocycles. The number of hydrogen-bond donors (Lipinski definition) is 3. The number of esters is 1. The predicted octanol–water partition coefficient (Wildman–Crippen LogP) is 4.36. The summed E-state index contributed by atoms with van der Waals surface area (Å²) in [6, 6.07) is 12.4. The summed E-state index contributed by atoms with van der Waals surface area (Å²) < 4.78 is 10.5. The average molecular weight is 760 g/mol. The number of rotatable bonds is 24. The third kappa shape index (κ3) is 15.2. The van der Waals surface area contributed by atoms with E-state index in [1.165, 1.54) is 6.92 Å². The summed E-state index contributed by atoms with van der Waals surface area (Å²) in [4.78, 5) is 102. The monoisotopic (exact) mass is 759 g/mol. The highest BCUT2D eigenvalue weighted by Gasteiger charge is 2.32. The van der Waals surface area contributed by atoms with Crippen molar-refractivity contribution < 1.29 is 52.9 Å². The minimum Gasteiger partial charge on any atom is -0.490 e. The van der Waals surface area contributed by atoms with Gasteiger partial charge in [0, 0.05) is 68.8 Å². The van der Waals surface area contributed by atoms with Gasteiger partial charge in [0.25, 0.3) is 11.8 Å². The third-order valence-corrected chi connectivity index (χ3v) is 8.73. The standard InChI is InChI=1S/C41H49N3O11/c1-5-20-54-34-13-8-28(9-14-34)22-31(23-33(46)18-19-44-37(48)15-16-38(44)49)41(53)43-35(21-26(2)3)36(47)24-30(10-17-39(50)51)40(52)42-32-11-6-29(7-12-32)25-55-27(4)45/h5-9,11-16,26,30-31,35H,1,10,17-25H2,2-4H3,(H,42,52)(H,43,53)(H,50,51)/t30-,31-,35-/m1/s1. The van der Waals surface area contributed by atoms with Gasteiger partial charge in [-0.1, -0.05) is 50.8 Å². The van der Waals surface area contributed by atoms with Gasteiger partial charge in [-0.15, -0.1) is 0 Å². The van der Waals surface area contributed by atoms with Gasteiger partial charge < -0.3 is 25.2 Å². The summed E-state index contributed by atoms with van der Waals surface area (Å²) in [7, 11) is 0. The number of amides is 4. The van der Waals surface area contributed by atoms with Crippen LogP contribution in [0.2, 0.25) is 0 Å². The molecule has 0 aliphatic carbocycles. The second kappa shape index (κ2) is 21.7. The van der Waals surface area contributed by atoms with Crippen molar-refractivity contribution in [2.45, 2.75) is 78.4 Å². The lowest BCUT2D eigenvalue weighted by atomic mass is 9.88. The number of benzene rings is 2. The zero-order valence-corrected chi connectivity index (χ0v) is 31.4. The predicted molar refractivity (Wildman–Crippen MR) is 201 cm³/mol.